The molecule has 1 aromatic carbocycles. The van der Waals surface area contributed by atoms with Crippen LogP contribution in [-0.2, 0) is 34.3 Å². The van der Waals surface area contributed by atoms with E-state index in [4.69, 9.17) is 22.1 Å². The van der Waals surface area contributed by atoms with Crippen LogP contribution >= 0.6 is 11.6 Å². The number of methoxy groups -OCH3 is 1. The molecule has 0 amide bonds. The van der Waals surface area contributed by atoms with Gasteiger partial charge in [-0.25, -0.2) is 17.1 Å². The number of nitrogens with two attached hydrogens (primary N) is 1. The Balaban J connectivity index is 2.40. The molecule has 0 fully saturated rings. The number of ether oxygens (including phenoxy) is 1. The van der Waals surface area contributed by atoms with Crippen LogP contribution in [-0.4, -0.2) is 50.3 Å². The molecule has 0 bridgehead atoms. The van der Waals surface area contributed by atoms with Gasteiger partial charge in [0.05, 0.1) is 29.6 Å². The van der Waals surface area contributed by atoms with E-state index in [9.17, 15) is 12.8 Å². The minimum Gasteiger partial charge on any atom is -0.378 e. The van der Waals surface area contributed by atoms with Crippen molar-refractivity contribution in [1.82, 2.24) is 14.1 Å². The molecule has 0 aliphatic carbocycles. The summed E-state index contributed by atoms with van der Waals surface area (Å²) in [5.41, 5.74) is 8.53. The monoisotopic (exact) mass is 444 g/mol. The van der Waals surface area contributed by atoms with Crippen LogP contribution in [0.3, 0.4) is 0 Å². The summed E-state index contributed by atoms with van der Waals surface area (Å²) in [6.07, 6.45) is 1.76. The van der Waals surface area contributed by atoms with E-state index in [2.05, 4.69) is 5.10 Å². The van der Waals surface area contributed by atoms with Gasteiger partial charge in [0.15, 0.2) is 0 Å². The number of hydrogen-bond acceptors (Lipinski definition) is 5. The predicted molar refractivity (Wildman–Crippen MR) is 111 cm³/mol. The van der Waals surface area contributed by atoms with E-state index in [0.29, 0.717) is 6.42 Å². The number of sulfonamides is 1. The Hall–Kier alpha value is -1.78. The molecular weight excluding hydrogens is 419 g/mol. The maximum atomic E-state index is 14.0. The maximum absolute atomic E-state index is 14.0. The zero-order valence-electron chi connectivity index (χ0n) is 16.9. The summed E-state index contributed by atoms with van der Waals surface area (Å²) in [7, 11) is 0.828. The normalized spacial score (nSPS) is 12.8. The van der Waals surface area contributed by atoms with Crippen LogP contribution in [0, 0.1) is 6.92 Å². The topological polar surface area (TPSA) is 90.5 Å². The molecule has 1 aromatic heterocycles. The Morgan fingerprint density at radius 3 is 2.66 bits per heavy atom. The van der Waals surface area contributed by atoms with Crippen molar-refractivity contribution in [2.24, 2.45) is 5.73 Å². The maximum Gasteiger partial charge on any atom is 0.244 e. The summed E-state index contributed by atoms with van der Waals surface area (Å²) in [5.74, 6) is -0.375. The third kappa shape index (κ3) is 5.43. The van der Waals surface area contributed by atoms with Crippen molar-refractivity contribution in [3.05, 3.63) is 57.6 Å². The van der Waals surface area contributed by atoms with Crippen LogP contribution in [0.15, 0.2) is 35.0 Å². The highest BCUT2D eigenvalue weighted by Crippen LogP contribution is 2.27. The number of allylic oxidation sites excluding steroid dienone is 1. The summed E-state index contributed by atoms with van der Waals surface area (Å²) in [6, 6.07) is 4.83. The van der Waals surface area contributed by atoms with Crippen molar-refractivity contribution >= 4 is 21.6 Å². The molecule has 0 aliphatic heterocycles. The highest BCUT2D eigenvalue weighted by atomic mass is 35.5. The summed E-state index contributed by atoms with van der Waals surface area (Å²) in [5, 5.41) is 4.57. The summed E-state index contributed by atoms with van der Waals surface area (Å²) < 4.78 is 46.6. The minimum atomic E-state index is -3.63. The van der Waals surface area contributed by atoms with E-state index >= 15 is 0 Å². The lowest BCUT2D eigenvalue weighted by atomic mass is 10.0. The van der Waals surface area contributed by atoms with Gasteiger partial charge < -0.3 is 10.5 Å². The van der Waals surface area contributed by atoms with Gasteiger partial charge in [-0.3, -0.25) is 4.68 Å². The molecule has 0 saturated heterocycles. The zero-order chi connectivity index (χ0) is 21.8. The van der Waals surface area contributed by atoms with E-state index in [1.165, 1.54) is 26.2 Å². The first kappa shape index (κ1) is 23.5. The number of aryl methyl sites for hydroxylation is 1. The van der Waals surface area contributed by atoms with E-state index < -0.39 is 10.0 Å². The molecule has 1 heterocycles. The van der Waals surface area contributed by atoms with Gasteiger partial charge in [0, 0.05) is 39.7 Å². The predicted octanol–water partition coefficient (Wildman–Crippen LogP) is 2.64. The number of aromatic nitrogens is 2. The SMILES string of the molecule is COCc1c(Cc2ccc(S(=O)(=O)N(C)C)c(Cl)c2)c(C)nn1CC(F)=CCN. The van der Waals surface area contributed by atoms with Crippen molar-refractivity contribution in [1.29, 1.82) is 0 Å². The van der Waals surface area contributed by atoms with Crippen LogP contribution in [0.5, 0.6) is 0 Å². The second kappa shape index (κ2) is 9.82. The molecule has 0 aliphatic rings. The number of rotatable bonds is 9. The lowest BCUT2D eigenvalue weighted by Crippen LogP contribution is -2.22. The van der Waals surface area contributed by atoms with Crippen LogP contribution in [0.25, 0.3) is 0 Å². The van der Waals surface area contributed by atoms with Crippen molar-refractivity contribution in [2.75, 3.05) is 27.7 Å². The van der Waals surface area contributed by atoms with Gasteiger partial charge in [0.25, 0.3) is 0 Å². The third-order valence-corrected chi connectivity index (χ3v) is 6.72. The van der Waals surface area contributed by atoms with Gasteiger partial charge >= 0.3 is 0 Å². The first-order valence-electron chi connectivity index (χ1n) is 8.91. The third-order valence-electron chi connectivity index (χ3n) is 4.42. The van der Waals surface area contributed by atoms with Gasteiger partial charge in [-0.05, 0) is 30.7 Å². The Morgan fingerprint density at radius 1 is 1.41 bits per heavy atom. The Kier molecular flexibility index (Phi) is 7.95. The molecule has 0 saturated carbocycles. The fraction of sp³-hybridized carbons (Fsp3) is 0.421. The summed E-state index contributed by atoms with van der Waals surface area (Å²) in [4.78, 5) is 0.0476. The number of hydrogen-bond donors (Lipinski definition) is 1. The number of benzene rings is 1. The molecule has 0 atom stereocenters. The fourth-order valence-corrected chi connectivity index (χ4v) is 4.36. The smallest absolute Gasteiger partial charge is 0.244 e. The minimum absolute atomic E-state index is 0.0303. The molecule has 0 unspecified atom stereocenters. The van der Waals surface area contributed by atoms with Gasteiger partial charge in [0.1, 0.15) is 10.7 Å². The van der Waals surface area contributed by atoms with Crippen LogP contribution in [0.1, 0.15) is 22.5 Å². The second-order valence-corrected chi connectivity index (χ2v) is 9.24. The largest absolute Gasteiger partial charge is 0.378 e. The molecule has 0 spiro atoms. The number of nitrogens with zero attached hydrogens (tertiary/aromatic N) is 3. The van der Waals surface area contributed by atoms with Gasteiger partial charge in [0.2, 0.25) is 10.0 Å². The zero-order valence-corrected chi connectivity index (χ0v) is 18.5. The van der Waals surface area contributed by atoms with Gasteiger partial charge in [-0.1, -0.05) is 17.7 Å². The Bertz CT molecular complexity index is 1000. The van der Waals surface area contributed by atoms with Crippen LogP contribution in [0.4, 0.5) is 4.39 Å². The lowest BCUT2D eigenvalue weighted by molar-refractivity contribution is 0.176. The molecular formula is C19H26ClFN4O3S. The van der Waals surface area contributed by atoms with Crippen molar-refractivity contribution in [2.45, 2.75) is 31.4 Å². The molecule has 160 valence electrons. The molecule has 2 aromatic rings. The average molecular weight is 445 g/mol. The molecule has 0 radical (unpaired) electrons. The Morgan fingerprint density at radius 2 is 2.10 bits per heavy atom. The van der Waals surface area contributed by atoms with Crippen molar-refractivity contribution < 1.29 is 17.5 Å². The molecule has 7 nitrogen and oxygen atoms in total. The van der Waals surface area contributed by atoms with E-state index in [1.807, 2.05) is 6.92 Å². The standard InChI is InChI=1S/C19H26ClFN4O3S/c1-13-16(18(12-28-4)25(23-13)11-15(21)7-8-22)9-14-5-6-19(17(20)10-14)29(26,27)24(2)3/h5-7,10H,8-9,11-12,22H2,1-4H3. The van der Waals surface area contributed by atoms with Crippen LogP contribution < -0.4 is 5.73 Å². The molecule has 2 N–H and O–H groups in total. The summed E-state index contributed by atoms with van der Waals surface area (Å²) in [6.45, 7) is 2.17. The van der Waals surface area contributed by atoms with E-state index in [-0.39, 0.29) is 35.4 Å². The van der Waals surface area contributed by atoms with Gasteiger partial charge in [-0.15, -0.1) is 0 Å². The van der Waals surface area contributed by atoms with Crippen molar-refractivity contribution in [3.8, 4) is 0 Å². The highest BCUT2D eigenvalue weighted by molar-refractivity contribution is 7.89. The van der Waals surface area contributed by atoms with E-state index in [0.717, 1.165) is 26.8 Å². The quantitative estimate of drug-likeness (QED) is 0.642. The average Bonchev–Trinajstić information content (AvgIpc) is 2.90. The lowest BCUT2D eigenvalue weighted by Gasteiger charge is -2.14. The fourth-order valence-electron chi connectivity index (χ4n) is 2.93. The van der Waals surface area contributed by atoms with E-state index in [1.54, 1.807) is 23.9 Å². The highest BCUT2D eigenvalue weighted by Gasteiger charge is 2.22. The molecule has 10 heteroatoms. The van der Waals surface area contributed by atoms with Gasteiger partial charge in [-0.2, -0.15) is 5.10 Å². The first-order valence-corrected chi connectivity index (χ1v) is 10.7. The van der Waals surface area contributed by atoms with Crippen molar-refractivity contribution in [3.63, 3.8) is 0 Å². The molecule has 29 heavy (non-hydrogen) atoms. The summed E-state index contributed by atoms with van der Waals surface area (Å²) >= 11 is 6.25. The second-order valence-electron chi connectivity index (χ2n) is 6.72. The number of halogens is 2. The molecule has 2 rings (SSSR count). The Labute approximate surface area is 175 Å². The van der Waals surface area contributed by atoms with Crippen LogP contribution in [0.2, 0.25) is 5.02 Å². The first-order chi connectivity index (χ1) is 13.6.